The predicted octanol–water partition coefficient (Wildman–Crippen LogP) is 4.15. The van der Waals surface area contributed by atoms with E-state index in [1.54, 1.807) is 30.5 Å². The van der Waals surface area contributed by atoms with Crippen LogP contribution in [0.1, 0.15) is 129 Å². The molecule has 3 aliphatic heterocycles. The third-order valence-electron chi connectivity index (χ3n) is 14.2. The van der Waals surface area contributed by atoms with Gasteiger partial charge in [0.2, 0.25) is 35.4 Å². The fourth-order valence-corrected chi connectivity index (χ4v) is 10.0. The van der Waals surface area contributed by atoms with E-state index in [9.17, 15) is 43.5 Å². The number of nitrogens with one attached hydrogen (secondary N) is 4. The first-order valence-corrected chi connectivity index (χ1v) is 24.6. The summed E-state index contributed by atoms with van der Waals surface area (Å²) in [6, 6.07) is 3.42. The highest BCUT2D eigenvalue weighted by Gasteiger charge is 2.46. The molecule has 4 atom stereocenters. The van der Waals surface area contributed by atoms with Crippen molar-refractivity contribution in [3.8, 4) is 11.4 Å². The van der Waals surface area contributed by atoms with E-state index in [0.29, 0.717) is 35.6 Å². The summed E-state index contributed by atoms with van der Waals surface area (Å²) in [7, 11) is 0. The average Bonchev–Trinajstić information content (AvgIpc) is 3.81. The number of nitrogens with zero attached hydrogens (tertiary/aromatic N) is 3. The number of carbonyl (C=O) groups excluding carboxylic acids is 7. The highest BCUT2D eigenvalue weighted by molar-refractivity contribution is 6.04. The van der Waals surface area contributed by atoms with Crippen molar-refractivity contribution < 1.29 is 48.1 Å². The van der Waals surface area contributed by atoms with Crippen LogP contribution in [0.4, 0.5) is 5.69 Å². The minimum absolute atomic E-state index is 0.0124. The largest absolute Gasteiger partial charge is 0.458 e. The molecule has 70 heavy (non-hydrogen) atoms. The molecule has 2 aromatic heterocycles. The number of hydrogen-bond donors (Lipinski definition) is 5. The van der Waals surface area contributed by atoms with E-state index >= 15 is 0 Å². The second-order valence-corrected chi connectivity index (χ2v) is 21.8. The molecule has 0 radical (unpaired) electrons. The summed E-state index contributed by atoms with van der Waals surface area (Å²) in [5.41, 5.74) is 2.40. The number of benzene rings is 1. The third kappa shape index (κ3) is 10.4. The van der Waals surface area contributed by atoms with Gasteiger partial charge >= 0.3 is 5.97 Å². The van der Waals surface area contributed by atoms with Crippen LogP contribution in [-0.2, 0) is 74.6 Å². The van der Waals surface area contributed by atoms with E-state index in [4.69, 9.17) is 14.5 Å². The maximum atomic E-state index is 13.8. The van der Waals surface area contributed by atoms with Gasteiger partial charge in [0.25, 0.3) is 5.56 Å². The molecule has 1 fully saturated rings. The molecule has 0 bridgehead atoms. The smallest absolute Gasteiger partial charge is 0.343 e. The van der Waals surface area contributed by atoms with E-state index < -0.39 is 46.3 Å². The number of likely N-dealkylation sites (tertiary alicyclic amines) is 1. The number of ether oxygens (including phenoxy) is 2. The van der Waals surface area contributed by atoms with Crippen molar-refractivity contribution in [3.63, 3.8) is 0 Å². The zero-order valence-electron chi connectivity index (χ0n) is 42.2. The van der Waals surface area contributed by atoms with E-state index in [-0.39, 0.29) is 117 Å². The molecule has 3 aromatic rings. The number of anilines is 1. The van der Waals surface area contributed by atoms with Crippen LogP contribution in [0.25, 0.3) is 22.3 Å². The number of amides is 6. The molecule has 4 aliphatic rings. The molecule has 378 valence electrons. The van der Waals surface area contributed by atoms with Crippen molar-refractivity contribution in [2.24, 2.45) is 28.6 Å². The minimum Gasteiger partial charge on any atom is -0.458 e. The van der Waals surface area contributed by atoms with Crippen LogP contribution in [0, 0.1) is 28.6 Å². The van der Waals surface area contributed by atoms with Crippen molar-refractivity contribution in [1.29, 1.82) is 0 Å². The van der Waals surface area contributed by atoms with E-state index in [2.05, 4.69) is 21.3 Å². The van der Waals surface area contributed by atoms with Crippen LogP contribution in [0.3, 0.4) is 0 Å². The maximum absolute atomic E-state index is 13.8. The summed E-state index contributed by atoms with van der Waals surface area (Å²) in [6.07, 6.45) is 2.46. The lowest BCUT2D eigenvalue weighted by molar-refractivity contribution is -0.172. The molecule has 5 heterocycles. The lowest BCUT2D eigenvalue weighted by Gasteiger charge is -2.31. The number of pyridine rings is 2. The van der Waals surface area contributed by atoms with E-state index in [1.165, 1.54) is 4.90 Å². The summed E-state index contributed by atoms with van der Waals surface area (Å²) in [5.74, 6) is -3.42. The van der Waals surface area contributed by atoms with Crippen LogP contribution >= 0.6 is 0 Å². The molecule has 5 N–H and O–H groups in total. The number of esters is 1. The van der Waals surface area contributed by atoms with Crippen molar-refractivity contribution >= 4 is 58.0 Å². The maximum Gasteiger partial charge on any atom is 0.343 e. The molecular formula is C52H69N7O11. The number of aromatic nitrogens is 2. The van der Waals surface area contributed by atoms with E-state index in [1.807, 2.05) is 61.5 Å². The van der Waals surface area contributed by atoms with Gasteiger partial charge in [-0.15, -0.1) is 0 Å². The Morgan fingerprint density at radius 2 is 1.61 bits per heavy atom. The Kier molecular flexibility index (Phi) is 14.8. The van der Waals surface area contributed by atoms with Crippen LogP contribution in [0.15, 0.2) is 23.0 Å². The Morgan fingerprint density at radius 3 is 2.29 bits per heavy atom. The second-order valence-electron chi connectivity index (χ2n) is 21.8. The number of hydrogen-bond acceptors (Lipinski definition) is 12. The van der Waals surface area contributed by atoms with Crippen LogP contribution in [-0.4, -0.2) is 99.4 Å². The number of aliphatic hydroxyl groups is 1. The molecule has 6 amide bonds. The molecule has 1 aromatic carbocycles. The zero-order valence-corrected chi connectivity index (χ0v) is 42.2. The van der Waals surface area contributed by atoms with Crippen LogP contribution in [0.2, 0.25) is 0 Å². The van der Waals surface area contributed by atoms with E-state index in [0.717, 1.165) is 34.9 Å². The van der Waals surface area contributed by atoms with Crippen molar-refractivity contribution in [1.82, 2.24) is 30.4 Å². The Hall–Kier alpha value is -6.01. The molecule has 0 spiro atoms. The molecular weight excluding hydrogens is 899 g/mol. The number of aryl methyl sites for hydroxylation is 2. The fourth-order valence-electron chi connectivity index (χ4n) is 10.0. The topological polar surface area (TPSA) is 244 Å². The molecule has 1 aliphatic carbocycles. The summed E-state index contributed by atoms with van der Waals surface area (Å²) >= 11 is 0. The first-order valence-electron chi connectivity index (χ1n) is 24.6. The Bertz CT molecular complexity index is 2710. The normalized spacial score (nSPS) is 19.4. The number of cyclic esters (lactones) is 1. The molecule has 1 saturated heterocycles. The number of carbonyl (C=O) groups is 7. The lowest BCUT2D eigenvalue weighted by atomic mass is 9.85. The Labute approximate surface area is 408 Å². The fraction of sp³-hybridized carbons (Fsp3) is 0.596. The second kappa shape index (κ2) is 20.0. The first kappa shape index (κ1) is 51.8. The van der Waals surface area contributed by atoms with Gasteiger partial charge in [-0.1, -0.05) is 62.3 Å². The van der Waals surface area contributed by atoms with Gasteiger partial charge in [0, 0.05) is 65.9 Å². The van der Waals surface area contributed by atoms with Crippen LogP contribution < -0.4 is 26.8 Å². The number of imide groups is 1. The SMILES string of the molecule is CC[C@@]1(O)C(=O)OCc2c1cc1n(c2=O)Cc2c-1nc1ccc(NC(=O)[C@H](C)NC(=O)[C@@H](NC(=O)CC(C)(C)COCC(C)(C)CNC(=O)CCN3C(=O)CC(C(C)C)C3=O)C(C)C)c3c1c2CCC3. The van der Waals surface area contributed by atoms with Crippen molar-refractivity contribution in [2.45, 2.75) is 145 Å². The zero-order chi connectivity index (χ0) is 51.2. The highest BCUT2D eigenvalue weighted by Crippen LogP contribution is 2.44. The van der Waals surface area contributed by atoms with Gasteiger partial charge in [0.05, 0.1) is 42.2 Å². The van der Waals surface area contributed by atoms with Gasteiger partial charge in [-0.3, -0.25) is 38.5 Å². The molecule has 0 saturated carbocycles. The standard InChI is InChI=1S/C52H69N7O11/c1-11-52(68)35-20-38-44-33(22-59(38)48(66)34(35)23-70-49(52)67)30-13-12-14-31-36(15-16-37(55-44)42(30)31)56-45(63)29(6)54-46(64)43(28(4)5)57-40(61)21-50(7,8)25-69-26-51(9,10)24-53-39(60)17-18-58-41(62)19-32(27(2)3)47(58)65/h15-16,20,27-29,32,43,68H,11-14,17-19,21-26H2,1-10H3,(H,53,60)(H,54,64)(H,56,63)(H,57,61)/t29-,32?,43-,52-/m0/s1. The quantitative estimate of drug-likeness (QED) is 0.0658. The van der Waals surface area contributed by atoms with Gasteiger partial charge in [-0.25, -0.2) is 9.78 Å². The van der Waals surface area contributed by atoms with Gasteiger partial charge in [0.1, 0.15) is 18.7 Å². The van der Waals surface area contributed by atoms with Gasteiger partial charge in [-0.05, 0) is 79.2 Å². The summed E-state index contributed by atoms with van der Waals surface area (Å²) in [6.45, 7) is 19.2. The Morgan fingerprint density at radius 1 is 0.914 bits per heavy atom. The lowest BCUT2D eigenvalue weighted by Crippen LogP contribution is -2.54. The molecule has 1 unspecified atom stereocenters. The minimum atomic E-state index is -1.93. The van der Waals surface area contributed by atoms with Crippen LogP contribution in [0.5, 0.6) is 0 Å². The first-order chi connectivity index (χ1) is 32.9. The molecule has 7 rings (SSSR count). The van der Waals surface area contributed by atoms with Gasteiger partial charge in [0.15, 0.2) is 5.60 Å². The summed E-state index contributed by atoms with van der Waals surface area (Å²) in [5, 5.41) is 23.8. The van der Waals surface area contributed by atoms with Crippen molar-refractivity contribution in [2.75, 3.05) is 31.6 Å². The molecule has 18 heteroatoms. The summed E-state index contributed by atoms with van der Waals surface area (Å²) < 4.78 is 12.9. The number of fused-ring (bicyclic) bond motifs is 5. The third-order valence-corrected chi connectivity index (χ3v) is 14.2. The Balaban J connectivity index is 0.916. The van der Waals surface area contributed by atoms with Gasteiger partial charge in [-0.2, -0.15) is 0 Å². The summed E-state index contributed by atoms with van der Waals surface area (Å²) in [4.78, 5) is 111. The molecule has 18 nitrogen and oxygen atoms in total. The average molecular weight is 968 g/mol. The number of rotatable bonds is 19. The highest BCUT2D eigenvalue weighted by atomic mass is 16.6. The monoisotopic (exact) mass is 968 g/mol. The predicted molar refractivity (Wildman–Crippen MR) is 260 cm³/mol. The van der Waals surface area contributed by atoms with Crippen molar-refractivity contribution in [3.05, 3.63) is 56.4 Å². The van der Waals surface area contributed by atoms with Gasteiger partial charge < -0.3 is 40.4 Å².